The van der Waals surface area contributed by atoms with E-state index < -0.39 is 0 Å². The number of hydrogen-bond acceptors (Lipinski definition) is 0. The van der Waals surface area contributed by atoms with Crippen LogP contribution in [0.25, 0.3) is 0 Å². The first-order chi connectivity index (χ1) is 39.8. The second kappa shape index (κ2) is 54.3. The standard InChI is InChI=1S/C10H20.C9H18.3C8H16.2C7H14.C6H12.C6H14.2C5H12.C4H10.2C2H6/c1-8-9(2,3)6-7-10(8,4)5;1-8-4-6-9(2,3)7-5-8;1-7-5-4-6-8(7,2)3;1-6-4-5-7(2)8(6)3;1-7-5-3-4-6-8(7)2;1-6-4-3-5-7(6)2;1-7-5-3-2-4-6-7;1-6-4-2-3-5-6;1-5-6(2,3)4;1-5(2,3)4;1-4-5(2)3;1-4(2)3;2*1-2/h8H,6-7H2,1-5H3;8H,4-7H2,1-3H3;7H,4-6H2,1-3H3;6-8H,4-5H2,1-3H3;7-8H,3-6H2,1-2H3;6-7H,3-5H2,1-2H3;7H,2-6H2,1H3;6H,2-5H2,1H3;5H2,1-4H3;1-4H3;5H,4H2,1-3H3;4H,1-3H3;2*1-2H3/t;;7-;;7-,8?;6-,7?;;;;;;;;/m..1.11......../s1. The highest BCUT2D eigenvalue weighted by molar-refractivity contribution is 4.93. The second-order valence-corrected chi connectivity index (χ2v) is 37.4. The van der Waals surface area contributed by atoms with Crippen LogP contribution >= 0.6 is 0 Å². The lowest BCUT2D eigenvalue weighted by Gasteiger charge is -2.32. The molecule has 8 fully saturated rings. The van der Waals surface area contributed by atoms with Crippen molar-refractivity contribution < 1.29 is 0 Å². The van der Waals surface area contributed by atoms with Gasteiger partial charge in [-0.05, 0) is 147 Å². The van der Waals surface area contributed by atoms with Crippen LogP contribution in [-0.2, 0) is 0 Å². The van der Waals surface area contributed by atoms with E-state index >= 15 is 0 Å². The highest BCUT2D eigenvalue weighted by atomic mass is 14.5. The molecule has 0 aromatic rings. The lowest BCUT2D eigenvalue weighted by atomic mass is 9.74. The highest BCUT2D eigenvalue weighted by Crippen LogP contribution is 2.53. The van der Waals surface area contributed by atoms with Crippen molar-refractivity contribution in [2.75, 3.05) is 0 Å². The van der Waals surface area contributed by atoms with Crippen LogP contribution in [0.3, 0.4) is 0 Å². The molecule has 8 saturated carbocycles. The summed E-state index contributed by atoms with van der Waals surface area (Å²) in [4.78, 5) is 0. The molecule has 0 amide bonds. The Kier molecular flexibility index (Phi) is 61.2. The van der Waals surface area contributed by atoms with E-state index in [9.17, 15) is 0 Å². The van der Waals surface area contributed by atoms with E-state index in [0.29, 0.717) is 32.5 Å². The fourth-order valence-corrected chi connectivity index (χ4v) is 12.1. The molecule has 8 aliphatic carbocycles. The summed E-state index contributed by atoms with van der Waals surface area (Å²) in [7, 11) is 0. The van der Waals surface area contributed by atoms with Crippen molar-refractivity contribution in [1.82, 2.24) is 0 Å². The van der Waals surface area contributed by atoms with E-state index in [1.165, 1.54) is 186 Å². The summed E-state index contributed by atoms with van der Waals surface area (Å²) in [6.07, 6.45) is 42.1. The van der Waals surface area contributed by atoms with Gasteiger partial charge in [-0.1, -0.05) is 417 Å². The Morgan fingerprint density at radius 2 is 0.598 bits per heavy atom. The maximum absolute atomic E-state index is 2.40. The van der Waals surface area contributed by atoms with Gasteiger partial charge >= 0.3 is 0 Å². The zero-order valence-corrected chi connectivity index (χ0v) is 69.6. The zero-order chi connectivity index (χ0) is 69.6. The van der Waals surface area contributed by atoms with Crippen molar-refractivity contribution in [3.05, 3.63) is 0 Å². The van der Waals surface area contributed by atoms with Crippen LogP contribution in [0.5, 0.6) is 0 Å². The summed E-state index contributed by atoms with van der Waals surface area (Å²) in [6, 6.07) is 0. The highest BCUT2D eigenvalue weighted by Gasteiger charge is 2.43. The van der Waals surface area contributed by atoms with Gasteiger partial charge in [0.25, 0.3) is 0 Å². The third-order valence-electron chi connectivity index (χ3n) is 22.3. The van der Waals surface area contributed by atoms with Gasteiger partial charge in [0.15, 0.2) is 0 Å². The van der Waals surface area contributed by atoms with Gasteiger partial charge in [0.2, 0.25) is 0 Å². The summed E-state index contributed by atoms with van der Waals surface area (Å²) in [5, 5.41) is 0. The molecule has 0 aromatic carbocycles. The first-order valence-corrected chi connectivity index (χ1v) is 39.8. The molecule has 0 aromatic heterocycles. The molecule has 87 heavy (non-hydrogen) atoms. The Hall–Kier alpha value is 0. The molecule has 0 radical (unpaired) electrons. The molecule has 0 spiro atoms. The van der Waals surface area contributed by atoms with E-state index in [2.05, 4.69) is 235 Å². The number of rotatable bonds is 1. The molecule has 0 N–H and O–H groups in total. The molecular formula is C87H186. The Morgan fingerprint density at radius 3 is 0.724 bits per heavy atom. The minimum atomic E-state index is 0.500. The first kappa shape index (κ1) is 98.1. The average molecular weight is 1230 g/mol. The van der Waals surface area contributed by atoms with Gasteiger partial charge in [0, 0.05) is 0 Å². The first-order valence-electron chi connectivity index (χ1n) is 39.8. The van der Waals surface area contributed by atoms with Crippen LogP contribution in [0, 0.1) is 115 Å². The summed E-state index contributed by atoms with van der Waals surface area (Å²) >= 11 is 0. The molecule has 8 aliphatic rings. The van der Waals surface area contributed by atoms with Gasteiger partial charge in [0.05, 0.1) is 0 Å². The fraction of sp³-hybridized carbons (Fsp3) is 1.00. The van der Waals surface area contributed by atoms with Crippen molar-refractivity contribution in [3.63, 3.8) is 0 Å². The van der Waals surface area contributed by atoms with Crippen LogP contribution in [-0.4, -0.2) is 0 Å². The number of hydrogen-bond donors (Lipinski definition) is 0. The lowest BCUT2D eigenvalue weighted by molar-refractivity contribution is 0.179. The topological polar surface area (TPSA) is 0 Å². The lowest BCUT2D eigenvalue weighted by Crippen LogP contribution is -2.24. The van der Waals surface area contributed by atoms with E-state index in [1.54, 1.807) is 0 Å². The minimum absolute atomic E-state index is 0.500. The van der Waals surface area contributed by atoms with Gasteiger partial charge < -0.3 is 0 Å². The van der Waals surface area contributed by atoms with Crippen molar-refractivity contribution >= 4 is 0 Å². The largest absolute Gasteiger partial charge is 0.0683 e. The monoisotopic (exact) mass is 1230 g/mol. The van der Waals surface area contributed by atoms with Crippen LogP contribution in [0.1, 0.15) is 449 Å². The van der Waals surface area contributed by atoms with Gasteiger partial charge in [-0.3, -0.25) is 0 Å². The summed E-state index contributed by atoms with van der Waals surface area (Å²) in [6.45, 7) is 86.4. The Bertz CT molecular complexity index is 1320. The van der Waals surface area contributed by atoms with Crippen LogP contribution < -0.4 is 0 Å². The van der Waals surface area contributed by atoms with E-state index in [4.69, 9.17) is 0 Å². The molecule has 534 valence electrons. The van der Waals surface area contributed by atoms with Crippen LogP contribution in [0.2, 0.25) is 0 Å². The Morgan fingerprint density at radius 1 is 0.333 bits per heavy atom. The predicted molar refractivity (Wildman–Crippen MR) is 413 cm³/mol. The van der Waals surface area contributed by atoms with Crippen molar-refractivity contribution in [2.24, 2.45) is 115 Å². The van der Waals surface area contributed by atoms with Gasteiger partial charge in [-0.2, -0.15) is 0 Å². The zero-order valence-electron chi connectivity index (χ0n) is 69.6. The van der Waals surface area contributed by atoms with Crippen molar-refractivity contribution in [3.8, 4) is 0 Å². The van der Waals surface area contributed by atoms with Gasteiger partial charge in [0.1, 0.15) is 0 Å². The molecule has 8 rings (SSSR count). The molecule has 0 saturated heterocycles. The maximum Gasteiger partial charge on any atom is -0.0323 e. The predicted octanol–water partition coefficient (Wildman–Crippen LogP) is 32.5. The molecular weight excluding hydrogens is 1040 g/mol. The Balaban J connectivity index is -0.000000206. The molecule has 7 atom stereocenters. The van der Waals surface area contributed by atoms with Crippen LogP contribution in [0.15, 0.2) is 0 Å². The molecule has 0 nitrogen and oxygen atoms in total. The SMILES string of the molecule is CC.CC.CC(C)(C)C.CC(C)C.CC1C(C)(C)CCC1(C)C.CC1CCC(C)(C)CC1.CC1CCC(C)C1C.CC1CCCC1.CC1CCCCC1.CC1CCCC[C@H]1C.CC1CCC[C@H]1C.CCC(C)(C)C.CCC(C)C.C[C@@H]1CCCC1(C)C. The third-order valence-corrected chi connectivity index (χ3v) is 22.3. The third kappa shape index (κ3) is 63.2. The smallest absolute Gasteiger partial charge is 0.0323 e. The van der Waals surface area contributed by atoms with Crippen molar-refractivity contribution in [2.45, 2.75) is 449 Å². The summed E-state index contributed by atoms with van der Waals surface area (Å²) < 4.78 is 0. The molecule has 0 aliphatic heterocycles. The van der Waals surface area contributed by atoms with Crippen molar-refractivity contribution in [1.29, 1.82) is 0 Å². The van der Waals surface area contributed by atoms with E-state index in [-0.39, 0.29) is 0 Å². The minimum Gasteiger partial charge on any atom is -0.0683 e. The molecule has 0 bridgehead atoms. The summed E-state index contributed by atoms with van der Waals surface area (Å²) in [5.74, 6) is 13.6. The second-order valence-electron chi connectivity index (χ2n) is 37.4. The quantitative estimate of drug-likeness (QED) is 0.245. The Labute approximate surface area is 561 Å². The normalized spacial score (nSPS) is 27.6. The van der Waals surface area contributed by atoms with E-state index in [1.807, 2.05) is 27.7 Å². The van der Waals surface area contributed by atoms with Gasteiger partial charge in [-0.15, -0.1) is 0 Å². The molecule has 4 unspecified atom stereocenters. The van der Waals surface area contributed by atoms with Crippen LogP contribution in [0.4, 0.5) is 0 Å². The average Bonchev–Trinajstić information content (AvgIpc) is 2.38. The van der Waals surface area contributed by atoms with Gasteiger partial charge in [-0.25, -0.2) is 0 Å². The molecule has 0 heterocycles. The fourth-order valence-electron chi connectivity index (χ4n) is 12.1. The summed E-state index contributed by atoms with van der Waals surface area (Å²) in [5.41, 5.74) is 3.53. The molecule has 0 heteroatoms. The maximum atomic E-state index is 2.40. The van der Waals surface area contributed by atoms with E-state index in [0.717, 1.165) is 82.9 Å².